The molecule has 1 aliphatic carbocycles. The molecule has 4 aromatic carbocycles. The van der Waals surface area contributed by atoms with Crippen molar-refractivity contribution in [1.82, 2.24) is 9.97 Å². The van der Waals surface area contributed by atoms with Crippen LogP contribution in [-0.2, 0) is 32.9 Å². The minimum atomic E-state index is 0. The monoisotopic (exact) mass is 833 g/mol. The molecular weight excluding hydrogens is 789 g/mol. The number of fused-ring (bicyclic) bond motifs is 3. The van der Waals surface area contributed by atoms with Crippen molar-refractivity contribution in [2.75, 3.05) is 0 Å². The summed E-state index contributed by atoms with van der Waals surface area (Å²) in [5.74, 6) is 1.32. The minimum Gasteiger partial charge on any atom is -0.501 e. The van der Waals surface area contributed by atoms with Crippen LogP contribution < -0.4 is 0 Å². The number of furan rings is 1. The standard InChI is InChI=1S/C27H22NO.C19H22N.Ir/c1-18(2)20-14-15-28-24(17-20)22-11-7-12-23-26-21(16-19-8-4-3-5-9-19)10-6-13-25(26)29-27(22)23;1-15-14-20-19(17-10-6-3-7-11-17)13-18(15)12-16-8-4-2-5-9-16;/h3-10,12-15,17-18H,16H2,1-2H3;3,6-7,10,13-14,16H,2,4-5,8-9,12H2,1H3;/q2*-1;. The van der Waals surface area contributed by atoms with Gasteiger partial charge in [0.05, 0.1) is 5.58 Å². The maximum absolute atomic E-state index is 6.35. The molecule has 0 atom stereocenters. The Bertz CT molecular complexity index is 2150. The molecule has 1 aliphatic rings. The van der Waals surface area contributed by atoms with E-state index in [0.29, 0.717) is 5.92 Å². The summed E-state index contributed by atoms with van der Waals surface area (Å²) in [7, 11) is 0. The Kier molecular flexibility index (Phi) is 11.7. The second-order valence-corrected chi connectivity index (χ2v) is 13.8. The molecule has 8 rings (SSSR count). The number of nitrogens with zero attached hydrogens (tertiary/aromatic N) is 2. The number of hydrogen-bond donors (Lipinski definition) is 0. The Morgan fingerprint density at radius 1 is 0.780 bits per heavy atom. The van der Waals surface area contributed by atoms with Gasteiger partial charge >= 0.3 is 0 Å². The Morgan fingerprint density at radius 3 is 2.38 bits per heavy atom. The first kappa shape index (κ1) is 35.5. The van der Waals surface area contributed by atoms with E-state index in [9.17, 15) is 0 Å². The van der Waals surface area contributed by atoms with E-state index >= 15 is 0 Å². The predicted octanol–water partition coefficient (Wildman–Crippen LogP) is 12.1. The fourth-order valence-electron chi connectivity index (χ4n) is 7.15. The smallest absolute Gasteiger partial charge is 0.121 e. The number of benzene rings is 4. The van der Waals surface area contributed by atoms with Crippen molar-refractivity contribution < 1.29 is 24.5 Å². The van der Waals surface area contributed by atoms with Crippen LogP contribution in [-0.4, -0.2) is 9.97 Å². The van der Waals surface area contributed by atoms with E-state index in [1.807, 2.05) is 42.7 Å². The summed E-state index contributed by atoms with van der Waals surface area (Å²) in [6, 6.07) is 42.2. The summed E-state index contributed by atoms with van der Waals surface area (Å²) >= 11 is 0. The average molecular weight is 833 g/mol. The van der Waals surface area contributed by atoms with Gasteiger partial charge in [-0.05, 0) is 71.8 Å². The number of pyridine rings is 2. The van der Waals surface area contributed by atoms with Crippen LogP contribution >= 0.6 is 0 Å². The number of rotatable bonds is 7. The van der Waals surface area contributed by atoms with E-state index in [4.69, 9.17) is 4.42 Å². The Labute approximate surface area is 310 Å². The quantitative estimate of drug-likeness (QED) is 0.150. The maximum Gasteiger partial charge on any atom is 0.121 e. The zero-order chi connectivity index (χ0) is 33.6. The van der Waals surface area contributed by atoms with E-state index < -0.39 is 0 Å². The summed E-state index contributed by atoms with van der Waals surface area (Å²) < 4.78 is 6.35. The molecule has 0 spiro atoms. The third-order valence-corrected chi connectivity index (χ3v) is 9.92. The van der Waals surface area contributed by atoms with Gasteiger partial charge in [-0.2, -0.15) is 0 Å². The second-order valence-electron chi connectivity index (χ2n) is 13.8. The van der Waals surface area contributed by atoms with Gasteiger partial charge in [-0.25, -0.2) is 0 Å². The molecule has 4 heteroatoms. The third-order valence-electron chi connectivity index (χ3n) is 9.92. The van der Waals surface area contributed by atoms with E-state index in [0.717, 1.165) is 51.4 Å². The molecule has 3 nitrogen and oxygen atoms in total. The molecule has 255 valence electrons. The molecule has 3 aromatic heterocycles. The molecule has 3 heterocycles. The summed E-state index contributed by atoms with van der Waals surface area (Å²) in [4.78, 5) is 9.18. The van der Waals surface area contributed by atoms with Crippen LogP contribution in [0.4, 0.5) is 0 Å². The molecule has 1 radical (unpaired) electrons. The summed E-state index contributed by atoms with van der Waals surface area (Å²) in [6.45, 7) is 6.57. The molecule has 50 heavy (non-hydrogen) atoms. The van der Waals surface area contributed by atoms with E-state index in [1.165, 1.54) is 71.7 Å². The molecule has 1 saturated carbocycles. The van der Waals surface area contributed by atoms with E-state index in [1.54, 1.807) is 0 Å². The van der Waals surface area contributed by atoms with Gasteiger partial charge in [0.25, 0.3) is 0 Å². The molecule has 0 bridgehead atoms. The van der Waals surface area contributed by atoms with Crippen LogP contribution in [0.25, 0.3) is 44.5 Å². The van der Waals surface area contributed by atoms with Gasteiger partial charge in [-0.15, -0.1) is 54.1 Å². The largest absolute Gasteiger partial charge is 0.501 e. The Morgan fingerprint density at radius 2 is 1.60 bits per heavy atom. The van der Waals surface area contributed by atoms with Crippen molar-refractivity contribution in [2.45, 2.75) is 71.6 Å². The van der Waals surface area contributed by atoms with E-state index in [2.05, 4.69) is 116 Å². The number of aromatic nitrogens is 2. The van der Waals surface area contributed by atoms with Gasteiger partial charge in [0, 0.05) is 37.9 Å². The van der Waals surface area contributed by atoms with Crippen molar-refractivity contribution in [1.29, 1.82) is 0 Å². The van der Waals surface area contributed by atoms with Crippen LogP contribution in [0.15, 0.2) is 120 Å². The second kappa shape index (κ2) is 16.6. The molecule has 0 saturated heterocycles. The van der Waals surface area contributed by atoms with Crippen molar-refractivity contribution >= 4 is 21.9 Å². The zero-order valence-electron chi connectivity index (χ0n) is 29.2. The minimum absolute atomic E-state index is 0. The fraction of sp³-hybridized carbons (Fsp3) is 0.261. The van der Waals surface area contributed by atoms with Crippen molar-refractivity contribution in [3.05, 3.63) is 155 Å². The predicted molar refractivity (Wildman–Crippen MR) is 203 cm³/mol. The normalized spacial score (nSPS) is 13.2. The van der Waals surface area contributed by atoms with Crippen LogP contribution in [0.2, 0.25) is 0 Å². The van der Waals surface area contributed by atoms with Crippen LogP contribution in [0.3, 0.4) is 0 Å². The molecule has 0 aliphatic heterocycles. The number of aryl methyl sites for hydroxylation is 1. The number of hydrogen-bond acceptors (Lipinski definition) is 3. The summed E-state index contributed by atoms with van der Waals surface area (Å²) in [6.07, 6.45) is 13.0. The third kappa shape index (κ3) is 8.15. The van der Waals surface area contributed by atoms with Crippen molar-refractivity contribution in [3.63, 3.8) is 0 Å². The average Bonchev–Trinajstić information content (AvgIpc) is 3.54. The molecule has 7 aromatic rings. The van der Waals surface area contributed by atoms with Crippen molar-refractivity contribution in [2.24, 2.45) is 5.92 Å². The molecule has 0 N–H and O–H groups in total. The molecule has 1 fully saturated rings. The van der Waals surface area contributed by atoms with Gasteiger partial charge in [-0.3, -0.25) is 0 Å². The van der Waals surface area contributed by atoms with Gasteiger partial charge in [-0.1, -0.05) is 123 Å². The van der Waals surface area contributed by atoms with Gasteiger partial charge in [0.1, 0.15) is 5.58 Å². The first-order valence-corrected chi connectivity index (χ1v) is 17.8. The van der Waals surface area contributed by atoms with Crippen LogP contribution in [0.5, 0.6) is 0 Å². The van der Waals surface area contributed by atoms with Crippen LogP contribution in [0.1, 0.15) is 79.7 Å². The van der Waals surface area contributed by atoms with Gasteiger partial charge in [0.2, 0.25) is 0 Å². The first-order valence-electron chi connectivity index (χ1n) is 17.8. The maximum atomic E-state index is 6.35. The van der Waals surface area contributed by atoms with Crippen molar-refractivity contribution in [3.8, 4) is 22.5 Å². The molecular formula is C46H44IrN2O-2. The van der Waals surface area contributed by atoms with Crippen LogP contribution in [0, 0.1) is 25.0 Å². The van der Waals surface area contributed by atoms with E-state index in [-0.39, 0.29) is 20.1 Å². The summed E-state index contributed by atoms with van der Waals surface area (Å²) in [5, 5.41) is 2.30. The first-order chi connectivity index (χ1) is 24.0. The zero-order valence-corrected chi connectivity index (χ0v) is 31.6. The fourth-order valence-corrected chi connectivity index (χ4v) is 7.15. The Hall–Kier alpha value is -4.37. The molecule has 0 amide bonds. The van der Waals surface area contributed by atoms with Gasteiger partial charge < -0.3 is 14.4 Å². The topological polar surface area (TPSA) is 38.9 Å². The summed E-state index contributed by atoms with van der Waals surface area (Å²) in [5.41, 5.74) is 12.4. The Balaban J connectivity index is 0.000000181. The SMILES string of the molecule is CC(C)c1ccnc(-c2[c-]ccc3c2oc2cccc(Cc4ccccc4)c23)c1.Cc1cnc(-c2[c-]cccc2)cc1CC1CCCCC1.[Ir]. The molecule has 0 unspecified atom stereocenters. The van der Waals surface area contributed by atoms with Gasteiger partial charge in [0.15, 0.2) is 0 Å².